The van der Waals surface area contributed by atoms with Crippen molar-refractivity contribution < 1.29 is 9.53 Å². The number of rotatable bonds is 3. The summed E-state index contributed by atoms with van der Waals surface area (Å²) >= 11 is 4.76. The average Bonchev–Trinajstić information content (AvgIpc) is 2.00. The fraction of sp³-hybridized carbons (Fsp3) is 0.750. The van der Waals surface area contributed by atoms with Crippen molar-refractivity contribution in [1.82, 2.24) is 4.90 Å². The van der Waals surface area contributed by atoms with Crippen molar-refractivity contribution in [3.63, 3.8) is 0 Å². The van der Waals surface area contributed by atoms with Crippen molar-refractivity contribution in [3.8, 4) is 0 Å². The Bertz CT molecular complexity index is 206. The van der Waals surface area contributed by atoms with Crippen molar-refractivity contribution in [3.05, 3.63) is 0 Å². The quantitative estimate of drug-likeness (QED) is 0.700. The summed E-state index contributed by atoms with van der Waals surface area (Å²) in [4.78, 5) is 12.9. The Morgan fingerprint density at radius 1 is 1.46 bits per heavy atom. The van der Waals surface area contributed by atoms with Gasteiger partial charge in [0.1, 0.15) is 0 Å². The maximum Gasteiger partial charge on any atom is 0.410 e. The zero-order valence-electron chi connectivity index (χ0n) is 8.40. The highest BCUT2D eigenvalue weighted by molar-refractivity contribution is 7.80. The van der Waals surface area contributed by atoms with Crippen LogP contribution in [0.4, 0.5) is 4.79 Å². The number of thiocarbonyl (C=S) groups is 1. The number of hydrogen-bond acceptors (Lipinski definition) is 3. The van der Waals surface area contributed by atoms with Gasteiger partial charge in [-0.15, -0.1) is 0 Å². The summed E-state index contributed by atoms with van der Waals surface area (Å²) in [6.07, 6.45) is -0.538. The van der Waals surface area contributed by atoms with Crippen molar-refractivity contribution in [2.75, 3.05) is 7.05 Å². The van der Waals surface area contributed by atoms with Gasteiger partial charge in [-0.1, -0.05) is 12.2 Å². The highest BCUT2D eigenvalue weighted by Gasteiger charge is 2.19. The standard InChI is InChI=1S/C8H16N2O2S/c1-5(2)12-8(11)10(4)6(3)7(9)13/h5-6H,1-4H3,(H2,9,13). The first-order chi connectivity index (χ1) is 5.86. The number of carbonyl (C=O) groups excluding carboxylic acids is 1. The van der Waals surface area contributed by atoms with Gasteiger partial charge in [-0.25, -0.2) is 4.79 Å². The molecule has 13 heavy (non-hydrogen) atoms. The second kappa shape index (κ2) is 5.01. The smallest absolute Gasteiger partial charge is 0.410 e. The minimum atomic E-state index is -0.407. The average molecular weight is 204 g/mol. The lowest BCUT2D eigenvalue weighted by Crippen LogP contribution is -2.43. The van der Waals surface area contributed by atoms with Gasteiger partial charge in [0.15, 0.2) is 0 Å². The van der Waals surface area contributed by atoms with Gasteiger partial charge in [0.25, 0.3) is 0 Å². The van der Waals surface area contributed by atoms with Gasteiger partial charge in [-0.2, -0.15) is 0 Å². The molecular weight excluding hydrogens is 188 g/mol. The normalized spacial score (nSPS) is 12.4. The van der Waals surface area contributed by atoms with Crippen LogP contribution in [0.5, 0.6) is 0 Å². The predicted molar refractivity (Wildman–Crippen MR) is 55.6 cm³/mol. The fourth-order valence-electron chi connectivity index (χ4n) is 0.634. The number of hydrogen-bond donors (Lipinski definition) is 1. The first kappa shape index (κ1) is 12.2. The molecule has 4 nitrogen and oxygen atoms in total. The minimum Gasteiger partial charge on any atom is -0.447 e. The van der Waals surface area contributed by atoms with E-state index in [1.807, 2.05) is 0 Å². The Hall–Kier alpha value is -0.840. The number of likely N-dealkylation sites (N-methyl/N-ethyl adjacent to an activating group) is 1. The van der Waals surface area contributed by atoms with E-state index in [1.54, 1.807) is 27.8 Å². The Kier molecular flexibility index (Phi) is 4.69. The molecular formula is C8H16N2O2S. The van der Waals surface area contributed by atoms with Gasteiger partial charge in [0, 0.05) is 7.05 Å². The van der Waals surface area contributed by atoms with Crippen molar-refractivity contribution in [2.45, 2.75) is 32.9 Å². The van der Waals surface area contributed by atoms with Gasteiger partial charge >= 0.3 is 6.09 Å². The highest BCUT2D eigenvalue weighted by atomic mass is 32.1. The van der Waals surface area contributed by atoms with Gasteiger partial charge in [-0.3, -0.25) is 0 Å². The molecule has 0 aliphatic carbocycles. The van der Waals surface area contributed by atoms with Crippen molar-refractivity contribution >= 4 is 23.3 Å². The Morgan fingerprint density at radius 2 is 1.92 bits per heavy atom. The molecule has 1 atom stereocenters. The van der Waals surface area contributed by atoms with E-state index in [0.29, 0.717) is 0 Å². The molecule has 0 rings (SSSR count). The summed E-state index contributed by atoms with van der Waals surface area (Å²) in [5, 5.41) is 0. The summed E-state index contributed by atoms with van der Waals surface area (Å²) in [6, 6.07) is -0.277. The Labute approximate surface area is 84.0 Å². The predicted octanol–water partition coefficient (Wildman–Crippen LogP) is 1.14. The molecule has 0 saturated carbocycles. The third kappa shape index (κ3) is 4.07. The third-order valence-electron chi connectivity index (χ3n) is 1.62. The maximum atomic E-state index is 11.3. The Morgan fingerprint density at radius 3 is 2.23 bits per heavy atom. The van der Waals surface area contributed by atoms with Crippen LogP contribution in [-0.4, -0.2) is 35.2 Å². The van der Waals surface area contributed by atoms with Crippen LogP contribution in [0.15, 0.2) is 0 Å². The summed E-state index contributed by atoms with van der Waals surface area (Å²) in [6.45, 7) is 5.33. The summed E-state index contributed by atoms with van der Waals surface area (Å²) in [5.74, 6) is 0. The van der Waals surface area contributed by atoms with E-state index in [9.17, 15) is 4.79 Å². The topological polar surface area (TPSA) is 55.6 Å². The molecule has 0 bridgehead atoms. The summed E-state index contributed by atoms with van der Waals surface area (Å²) < 4.78 is 4.96. The summed E-state index contributed by atoms with van der Waals surface area (Å²) in [7, 11) is 1.61. The lowest BCUT2D eigenvalue weighted by atomic mass is 10.3. The Balaban J connectivity index is 4.17. The van der Waals surface area contributed by atoms with Gasteiger partial charge in [-0.05, 0) is 20.8 Å². The molecule has 1 amide bonds. The molecule has 0 aromatic heterocycles. The number of carbonyl (C=O) groups is 1. The number of nitrogens with zero attached hydrogens (tertiary/aromatic N) is 1. The van der Waals surface area contributed by atoms with Crippen LogP contribution in [0.1, 0.15) is 20.8 Å². The van der Waals surface area contributed by atoms with E-state index in [2.05, 4.69) is 0 Å². The monoisotopic (exact) mass is 204 g/mol. The van der Waals surface area contributed by atoms with Crippen LogP contribution in [-0.2, 0) is 4.74 Å². The van der Waals surface area contributed by atoms with Crippen molar-refractivity contribution in [1.29, 1.82) is 0 Å². The molecule has 0 spiro atoms. The number of nitrogens with two attached hydrogens (primary N) is 1. The fourth-order valence-corrected chi connectivity index (χ4v) is 0.792. The molecule has 0 fully saturated rings. The molecule has 0 aliphatic heterocycles. The molecule has 0 heterocycles. The van der Waals surface area contributed by atoms with E-state index in [1.165, 1.54) is 4.90 Å². The zero-order chi connectivity index (χ0) is 10.6. The first-order valence-corrected chi connectivity index (χ1v) is 4.49. The highest BCUT2D eigenvalue weighted by Crippen LogP contribution is 2.01. The molecule has 0 aliphatic rings. The van der Waals surface area contributed by atoms with Crippen LogP contribution in [0.25, 0.3) is 0 Å². The van der Waals surface area contributed by atoms with Crippen LogP contribution in [0, 0.1) is 0 Å². The molecule has 0 aromatic rings. The van der Waals surface area contributed by atoms with Gasteiger partial charge in [0.05, 0.1) is 17.1 Å². The van der Waals surface area contributed by atoms with Crippen LogP contribution in [0.2, 0.25) is 0 Å². The van der Waals surface area contributed by atoms with Crippen molar-refractivity contribution in [2.24, 2.45) is 5.73 Å². The van der Waals surface area contributed by atoms with E-state index in [4.69, 9.17) is 22.7 Å². The SMILES string of the molecule is CC(C)OC(=O)N(C)C(C)C(N)=S. The third-order valence-corrected chi connectivity index (χ3v) is 1.96. The van der Waals surface area contributed by atoms with Gasteiger partial charge < -0.3 is 15.4 Å². The van der Waals surface area contributed by atoms with Crippen LogP contribution >= 0.6 is 12.2 Å². The molecule has 2 N–H and O–H groups in total. The molecule has 0 saturated heterocycles. The lowest BCUT2D eigenvalue weighted by molar-refractivity contribution is 0.0811. The molecule has 1 unspecified atom stereocenters. The first-order valence-electron chi connectivity index (χ1n) is 4.09. The van der Waals surface area contributed by atoms with E-state index in [-0.39, 0.29) is 17.1 Å². The van der Waals surface area contributed by atoms with Crippen LogP contribution < -0.4 is 5.73 Å². The van der Waals surface area contributed by atoms with Crippen LogP contribution in [0.3, 0.4) is 0 Å². The molecule has 0 radical (unpaired) electrons. The second-order valence-electron chi connectivity index (χ2n) is 3.12. The summed E-state index contributed by atoms with van der Waals surface area (Å²) in [5.41, 5.74) is 5.39. The van der Waals surface area contributed by atoms with Gasteiger partial charge in [0.2, 0.25) is 0 Å². The molecule has 76 valence electrons. The lowest BCUT2D eigenvalue weighted by Gasteiger charge is -2.24. The molecule has 5 heteroatoms. The second-order valence-corrected chi connectivity index (χ2v) is 3.59. The zero-order valence-corrected chi connectivity index (χ0v) is 9.22. The maximum absolute atomic E-state index is 11.3. The van der Waals surface area contributed by atoms with E-state index >= 15 is 0 Å². The number of amides is 1. The van der Waals surface area contributed by atoms with E-state index < -0.39 is 6.09 Å². The van der Waals surface area contributed by atoms with E-state index in [0.717, 1.165) is 0 Å². The largest absolute Gasteiger partial charge is 0.447 e. The minimum absolute atomic E-state index is 0.131. The molecule has 0 aromatic carbocycles. The number of ether oxygens (including phenoxy) is 1.